The summed E-state index contributed by atoms with van der Waals surface area (Å²) in [7, 11) is 0. The second-order valence-electron chi connectivity index (χ2n) is 5.47. The summed E-state index contributed by atoms with van der Waals surface area (Å²) in [6.45, 7) is 10.5. The van der Waals surface area contributed by atoms with Crippen molar-refractivity contribution in [2.24, 2.45) is 0 Å². The number of morpholine rings is 1. The van der Waals surface area contributed by atoms with Crippen molar-refractivity contribution in [2.75, 3.05) is 31.6 Å². The average Bonchev–Trinajstić information content (AvgIpc) is 2.45. The van der Waals surface area contributed by atoms with Crippen molar-refractivity contribution in [1.29, 1.82) is 0 Å². The van der Waals surface area contributed by atoms with Crippen LogP contribution in [0.3, 0.4) is 0 Å². The van der Waals surface area contributed by atoms with E-state index in [1.54, 1.807) is 0 Å². The van der Waals surface area contributed by atoms with Crippen LogP contribution in [0.4, 0.5) is 5.69 Å². The molecule has 1 aromatic carbocycles. The zero-order valence-corrected chi connectivity index (χ0v) is 12.4. The third-order valence-electron chi connectivity index (χ3n) is 3.82. The first-order valence-electron chi connectivity index (χ1n) is 7.38. The number of ether oxygens (including phenoxy) is 1. The van der Waals surface area contributed by atoms with Gasteiger partial charge in [0.15, 0.2) is 0 Å². The molecule has 19 heavy (non-hydrogen) atoms. The van der Waals surface area contributed by atoms with E-state index < -0.39 is 0 Å². The monoisotopic (exact) mass is 262 g/mol. The first-order valence-corrected chi connectivity index (χ1v) is 7.38. The predicted octanol–water partition coefficient (Wildman–Crippen LogP) is 2.77. The molecule has 1 aliphatic rings. The Balaban J connectivity index is 1.88. The fourth-order valence-corrected chi connectivity index (χ4v) is 2.56. The van der Waals surface area contributed by atoms with Crippen molar-refractivity contribution in [3.8, 4) is 0 Å². The van der Waals surface area contributed by atoms with E-state index in [4.69, 9.17) is 4.74 Å². The van der Waals surface area contributed by atoms with E-state index in [1.807, 2.05) is 0 Å². The number of para-hydroxylation sites is 1. The number of benzene rings is 1. The third kappa shape index (κ3) is 3.95. The molecule has 1 heterocycles. The number of hydrogen-bond donors (Lipinski definition) is 1. The second kappa shape index (κ2) is 6.92. The van der Waals surface area contributed by atoms with Crippen LogP contribution in [0.1, 0.15) is 26.3 Å². The van der Waals surface area contributed by atoms with Gasteiger partial charge in [0.1, 0.15) is 0 Å². The van der Waals surface area contributed by atoms with Gasteiger partial charge in [-0.25, -0.2) is 0 Å². The summed E-state index contributed by atoms with van der Waals surface area (Å²) < 4.78 is 5.85. The van der Waals surface area contributed by atoms with E-state index in [2.05, 4.69) is 55.3 Å². The van der Waals surface area contributed by atoms with Gasteiger partial charge in [-0.1, -0.05) is 25.1 Å². The molecule has 1 N–H and O–H groups in total. The number of nitrogens with zero attached hydrogens (tertiary/aromatic N) is 1. The van der Waals surface area contributed by atoms with Gasteiger partial charge in [-0.2, -0.15) is 0 Å². The van der Waals surface area contributed by atoms with E-state index in [1.165, 1.54) is 11.3 Å². The van der Waals surface area contributed by atoms with Gasteiger partial charge in [0.25, 0.3) is 0 Å². The van der Waals surface area contributed by atoms with Crippen molar-refractivity contribution < 1.29 is 4.74 Å². The van der Waals surface area contributed by atoms with Crippen LogP contribution in [0.15, 0.2) is 24.3 Å². The third-order valence-corrected chi connectivity index (χ3v) is 3.82. The van der Waals surface area contributed by atoms with Crippen LogP contribution in [0, 0.1) is 0 Å². The molecule has 0 spiro atoms. The number of aryl methyl sites for hydroxylation is 1. The van der Waals surface area contributed by atoms with E-state index in [-0.39, 0.29) is 0 Å². The molecular weight excluding hydrogens is 236 g/mol. The fraction of sp³-hybridized carbons (Fsp3) is 0.625. The van der Waals surface area contributed by atoms with E-state index in [0.717, 1.165) is 32.7 Å². The first-order chi connectivity index (χ1) is 9.20. The molecule has 1 atom stereocenters. The highest BCUT2D eigenvalue weighted by Crippen LogP contribution is 2.16. The molecule has 1 aromatic rings. The Morgan fingerprint density at radius 2 is 2.16 bits per heavy atom. The first kappa shape index (κ1) is 14.4. The van der Waals surface area contributed by atoms with Gasteiger partial charge in [-0.3, -0.25) is 4.90 Å². The lowest BCUT2D eigenvalue weighted by Gasteiger charge is -2.35. The van der Waals surface area contributed by atoms with Crippen molar-refractivity contribution in [1.82, 2.24) is 4.90 Å². The van der Waals surface area contributed by atoms with Gasteiger partial charge in [0, 0.05) is 31.4 Å². The Morgan fingerprint density at radius 1 is 1.37 bits per heavy atom. The van der Waals surface area contributed by atoms with Crippen LogP contribution < -0.4 is 5.32 Å². The fourth-order valence-electron chi connectivity index (χ4n) is 2.56. The standard InChI is InChI=1S/C16H26N2O/c1-4-14-7-5-6-8-16(14)17-11-15-12-18(13(2)3)9-10-19-15/h5-8,13,15,17H,4,9-12H2,1-3H3. The van der Waals surface area contributed by atoms with Crippen LogP contribution in [-0.4, -0.2) is 43.3 Å². The quantitative estimate of drug-likeness (QED) is 0.883. The lowest BCUT2D eigenvalue weighted by atomic mass is 10.1. The van der Waals surface area contributed by atoms with Crippen LogP contribution in [0.2, 0.25) is 0 Å². The van der Waals surface area contributed by atoms with Crippen molar-refractivity contribution in [3.63, 3.8) is 0 Å². The van der Waals surface area contributed by atoms with E-state index in [0.29, 0.717) is 12.1 Å². The molecule has 2 rings (SSSR count). The van der Waals surface area contributed by atoms with Crippen molar-refractivity contribution >= 4 is 5.69 Å². The minimum absolute atomic E-state index is 0.293. The average molecular weight is 262 g/mol. The van der Waals surface area contributed by atoms with Gasteiger partial charge >= 0.3 is 0 Å². The zero-order valence-electron chi connectivity index (χ0n) is 12.4. The summed E-state index contributed by atoms with van der Waals surface area (Å²) in [5.41, 5.74) is 2.62. The maximum absolute atomic E-state index is 5.85. The van der Waals surface area contributed by atoms with E-state index >= 15 is 0 Å². The van der Waals surface area contributed by atoms with Gasteiger partial charge in [0.2, 0.25) is 0 Å². The highest BCUT2D eigenvalue weighted by atomic mass is 16.5. The summed E-state index contributed by atoms with van der Waals surface area (Å²) >= 11 is 0. The number of nitrogens with one attached hydrogen (secondary N) is 1. The topological polar surface area (TPSA) is 24.5 Å². The number of hydrogen-bond acceptors (Lipinski definition) is 3. The maximum atomic E-state index is 5.85. The Kier molecular flexibility index (Phi) is 5.23. The van der Waals surface area contributed by atoms with Gasteiger partial charge < -0.3 is 10.1 Å². The lowest BCUT2D eigenvalue weighted by molar-refractivity contribution is -0.0315. The molecule has 0 aromatic heterocycles. The molecule has 0 radical (unpaired) electrons. The summed E-state index contributed by atoms with van der Waals surface area (Å²) in [5, 5.41) is 3.54. The predicted molar refractivity (Wildman–Crippen MR) is 80.8 cm³/mol. The van der Waals surface area contributed by atoms with E-state index in [9.17, 15) is 0 Å². The Morgan fingerprint density at radius 3 is 2.89 bits per heavy atom. The zero-order chi connectivity index (χ0) is 13.7. The lowest BCUT2D eigenvalue weighted by Crippen LogP contribution is -2.48. The molecule has 0 saturated carbocycles. The summed E-state index contributed by atoms with van der Waals surface area (Å²) in [6, 6.07) is 9.13. The van der Waals surface area contributed by atoms with Gasteiger partial charge in [-0.15, -0.1) is 0 Å². The number of anilines is 1. The number of rotatable bonds is 5. The molecule has 1 unspecified atom stereocenters. The van der Waals surface area contributed by atoms with Gasteiger partial charge in [-0.05, 0) is 31.9 Å². The molecular formula is C16H26N2O. The van der Waals surface area contributed by atoms with Crippen LogP contribution in [0.5, 0.6) is 0 Å². The Labute approximate surface area is 116 Å². The molecule has 106 valence electrons. The largest absolute Gasteiger partial charge is 0.382 e. The molecule has 3 heteroatoms. The van der Waals surface area contributed by atoms with Crippen molar-refractivity contribution in [3.05, 3.63) is 29.8 Å². The Hall–Kier alpha value is -1.06. The maximum Gasteiger partial charge on any atom is 0.0874 e. The Bertz CT molecular complexity index is 392. The molecule has 3 nitrogen and oxygen atoms in total. The molecule has 0 bridgehead atoms. The van der Waals surface area contributed by atoms with Crippen LogP contribution in [0.25, 0.3) is 0 Å². The minimum atomic E-state index is 0.293. The smallest absolute Gasteiger partial charge is 0.0874 e. The molecule has 0 amide bonds. The normalized spacial score (nSPS) is 20.7. The highest BCUT2D eigenvalue weighted by Gasteiger charge is 2.21. The molecule has 1 saturated heterocycles. The molecule has 1 fully saturated rings. The van der Waals surface area contributed by atoms with Gasteiger partial charge in [0.05, 0.1) is 12.7 Å². The molecule has 0 aliphatic carbocycles. The second-order valence-corrected chi connectivity index (χ2v) is 5.47. The summed E-state index contributed by atoms with van der Waals surface area (Å²) in [4.78, 5) is 2.49. The molecule has 1 aliphatic heterocycles. The SMILES string of the molecule is CCc1ccccc1NCC1CN(C(C)C)CCO1. The van der Waals surface area contributed by atoms with Crippen LogP contribution in [-0.2, 0) is 11.2 Å². The minimum Gasteiger partial charge on any atom is -0.382 e. The summed E-state index contributed by atoms with van der Waals surface area (Å²) in [5.74, 6) is 0. The highest BCUT2D eigenvalue weighted by molar-refractivity contribution is 5.51. The summed E-state index contributed by atoms with van der Waals surface area (Å²) in [6.07, 6.45) is 1.35. The van der Waals surface area contributed by atoms with Crippen molar-refractivity contribution in [2.45, 2.75) is 39.3 Å². The van der Waals surface area contributed by atoms with Crippen LogP contribution >= 0.6 is 0 Å².